The first kappa shape index (κ1) is 17.6. The van der Waals surface area contributed by atoms with E-state index in [9.17, 15) is 4.39 Å². The zero-order chi connectivity index (χ0) is 15.3. The molecule has 0 aliphatic heterocycles. The molecule has 0 spiro atoms. The molecule has 2 atom stereocenters. The highest BCUT2D eigenvalue weighted by molar-refractivity contribution is 9.10. The monoisotopic (exact) mass is 345 g/mol. The molecule has 1 aromatic rings. The van der Waals surface area contributed by atoms with Crippen LogP contribution in [0.5, 0.6) is 0 Å². The van der Waals surface area contributed by atoms with Crippen LogP contribution in [0.25, 0.3) is 0 Å². The second kappa shape index (κ2) is 7.53. The van der Waals surface area contributed by atoms with Gasteiger partial charge in [0.25, 0.3) is 0 Å². The molecule has 0 amide bonds. The summed E-state index contributed by atoms with van der Waals surface area (Å²) in [7, 11) is 1.72. The van der Waals surface area contributed by atoms with Crippen LogP contribution in [0.4, 0.5) is 4.39 Å². The molecule has 0 aliphatic rings. The van der Waals surface area contributed by atoms with Gasteiger partial charge < -0.3 is 10.1 Å². The first-order chi connectivity index (χ1) is 9.29. The first-order valence-corrected chi connectivity index (χ1v) is 7.79. The third-order valence-electron chi connectivity index (χ3n) is 3.39. The summed E-state index contributed by atoms with van der Waals surface area (Å²) in [5.41, 5.74) is 0.707. The van der Waals surface area contributed by atoms with Crippen LogP contribution in [0.2, 0.25) is 0 Å². The number of rotatable bonds is 6. The summed E-state index contributed by atoms with van der Waals surface area (Å²) < 4.78 is 20.4. The van der Waals surface area contributed by atoms with E-state index >= 15 is 0 Å². The molecule has 0 heterocycles. The van der Waals surface area contributed by atoms with Gasteiger partial charge in [-0.2, -0.15) is 0 Å². The number of likely N-dealkylation sites (N-methyl/N-ethyl adjacent to an activating group) is 1. The Bertz CT molecular complexity index is 431. The number of methoxy groups -OCH3 is 1. The molecule has 0 saturated heterocycles. The molecule has 0 bridgehead atoms. The van der Waals surface area contributed by atoms with Gasteiger partial charge in [0, 0.05) is 17.6 Å². The zero-order valence-electron chi connectivity index (χ0n) is 13.0. The molecule has 1 aromatic carbocycles. The van der Waals surface area contributed by atoms with Crippen LogP contribution in [0.3, 0.4) is 0 Å². The summed E-state index contributed by atoms with van der Waals surface area (Å²) in [5.74, 6) is -0.175. The van der Waals surface area contributed by atoms with Gasteiger partial charge in [0.2, 0.25) is 0 Å². The molecule has 2 unspecified atom stereocenters. The van der Waals surface area contributed by atoms with E-state index in [0.717, 1.165) is 11.0 Å². The molecule has 0 aromatic heterocycles. The quantitative estimate of drug-likeness (QED) is 0.835. The van der Waals surface area contributed by atoms with E-state index in [1.807, 2.05) is 12.1 Å². The van der Waals surface area contributed by atoms with E-state index in [4.69, 9.17) is 4.74 Å². The maximum atomic E-state index is 14.0. The van der Waals surface area contributed by atoms with Crippen molar-refractivity contribution in [2.75, 3.05) is 13.7 Å². The summed E-state index contributed by atoms with van der Waals surface area (Å²) in [5, 5.41) is 3.43. The minimum atomic E-state index is -0.175. The third kappa shape index (κ3) is 4.83. The molecule has 2 nitrogen and oxygen atoms in total. The zero-order valence-corrected chi connectivity index (χ0v) is 14.6. The molecule has 1 N–H and O–H groups in total. The Hall–Kier alpha value is -0.450. The van der Waals surface area contributed by atoms with E-state index < -0.39 is 0 Å². The normalized spacial score (nSPS) is 15.2. The van der Waals surface area contributed by atoms with Crippen molar-refractivity contribution >= 4 is 15.9 Å². The molecule has 20 heavy (non-hydrogen) atoms. The fourth-order valence-electron chi connectivity index (χ4n) is 2.59. The van der Waals surface area contributed by atoms with E-state index in [2.05, 4.69) is 48.9 Å². The summed E-state index contributed by atoms with van der Waals surface area (Å²) in [6.45, 7) is 9.31. The molecule has 4 heteroatoms. The minimum absolute atomic E-state index is 0.00652. The molecule has 1 rings (SSSR count). The average molecular weight is 346 g/mol. The van der Waals surface area contributed by atoms with Crippen molar-refractivity contribution in [3.63, 3.8) is 0 Å². The summed E-state index contributed by atoms with van der Waals surface area (Å²) in [6, 6.07) is 5.30. The Labute approximate surface area is 130 Å². The maximum absolute atomic E-state index is 14.0. The van der Waals surface area contributed by atoms with Gasteiger partial charge in [-0.3, -0.25) is 0 Å². The predicted octanol–water partition coefficient (Wildman–Crippen LogP) is 4.17. The molecule has 0 aliphatic carbocycles. The molecule has 0 fully saturated rings. The van der Waals surface area contributed by atoms with E-state index in [1.165, 1.54) is 6.07 Å². The maximum Gasteiger partial charge on any atom is 0.127 e. The van der Waals surface area contributed by atoms with Gasteiger partial charge in [-0.1, -0.05) is 49.7 Å². The third-order valence-corrected chi connectivity index (χ3v) is 3.89. The van der Waals surface area contributed by atoms with Crippen LogP contribution in [0, 0.1) is 11.2 Å². The van der Waals surface area contributed by atoms with Crippen molar-refractivity contribution in [1.82, 2.24) is 5.32 Å². The van der Waals surface area contributed by atoms with Crippen molar-refractivity contribution in [1.29, 1.82) is 0 Å². The van der Waals surface area contributed by atoms with Crippen LogP contribution in [-0.2, 0) is 11.2 Å². The van der Waals surface area contributed by atoms with Crippen LogP contribution >= 0.6 is 15.9 Å². The lowest BCUT2D eigenvalue weighted by Gasteiger charge is -2.36. The van der Waals surface area contributed by atoms with Crippen molar-refractivity contribution in [3.8, 4) is 0 Å². The Morgan fingerprint density at radius 3 is 2.45 bits per heavy atom. The Balaban J connectivity index is 2.96. The van der Waals surface area contributed by atoms with E-state index in [-0.39, 0.29) is 23.4 Å². The van der Waals surface area contributed by atoms with Gasteiger partial charge in [-0.25, -0.2) is 4.39 Å². The van der Waals surface area contributed by atoms with Crippen molar-refractivity contribution in [2.45, 2.75) is 46.3 Å². The Kier molecular flexibility index (Phi) is 6.62. The van der Waals surface area contributed by atoms with Crippen molar-refractivity contribution < 1.29 is 9.13 Å². The summed E-state index contributed by atoms with van der Waals surface area (Å²) >= 11 is 3.29. The topological polar surface area (TPSA) is 21.3 Å². The molecule has 114 valence electrons. The second-order valence-corrected chi connectivity index (χ2v) is 7.04. The van der Waals surface area contributed by atoms with Gasteiger partial charge in [0.15, 0.2) is 0 Å². The summed E-state index contributed by atoms with van der Waals surface area (Å²) in [6.07, 6.45) is 0.633. The van der Waals surface area contributed by atoms with Crippen LogP contribution < -0.4 is 5.32 Å². The molecular weight excluding hydrogens is 321 g/mol. The Morgan fingerprint density at radius 2 is 2.00 bits per heavy atom. The van der Waals surface area contributed by atoms with Crippen molar-refractivity contribution in [3.05, 3.63) is 34.1 Å². The number of halogens is 2. The van der Waals surface area contributed by atoms with Gasteiger partial charge in [-0.15, -0.1) is 0 Å². The molecule has 0 radical (unpaired) electrons. The lowest BCUT2D eigenvalue weighted by atomic mass is 9.82. The highest BCUT2D eigenvalue weighted by Gasteiger charge is 2.32. The fraction of sp³-hybridized carbons (Fsp3) is 0.625. The number of hydrogen-bond donors (Lipinski definition) is 1. The minimum Gasteiger partial charge on any atom is -0.379 e. The van der Waals surface area contributed by atoms with Crippen molar-refractivity contribution in [2.24, 2.45) is 5.41 Å². The number of hydrogen-bond acceptors (Lipinski definition) is 2. The number of benzene rings is 1. The second-order valence-electron chi connectivity index (χ2n) is 6.13. The van der Waals surface area contributed by atoms with E-state index in [1.54, 1.807) is 7.11 Å². The smallest absolute Gasteiger partial charge is 0.127 e. The highest BCUT2D eigenvalue weighted by atomic mass is 79.9. The standard InChI is InChI=1S/C16H25BrFNO/c1-6-19-14(15(20-5)16(2,3)4)9-11-7-8-12(17)10-13(11)18/h7-8,10,14-15,19H,6,9H2,1-5H3. The Morgan fingerprint density at radius 1 is 1.35 bits per heavy atom. The van der Waals surface area contributed by atoms with Crippen LogP contribution in [-0.4, -0.2) is 25.8 Å². The lowest BCUT2D eigenvalue weighted by molar-refractivity contribution is -0.0108. The number of ether oxygens (including phenoxy) is 1. The fourth-order valence-corrected chi connectivity index (χ4v) is 2.93. The molecule has 0 saturated carbocycles. The van der Waals surface area contributed by atoms with Gasteiger partial charge in [0.05, 0.1) is 6.10 Å². The van der Waals surface area contributed by atoms with Gasteiger partial charge in [-0.05, 0) is 36.1 Å². The molecular formula is C16H25BrFNO. The largest absolute Gasteiger partial charge is 0.379 e. The van der Waals surface area contributed by atoms with Crippen LogP contribution in [0.1, 0.15) is 33.3 Å². The predicted molar refractivity (Wildman–Crippen MR) is 85.5 cm³/mol. The van der Waals surface area contributed by atoms with Crippen LogP contribution in [0.15, 0.2) is 22.7 Å². The lowest BCUT2D eigenvalue weighted by Crippen LogP contribution is -2.49. The number of nitrogens with one attached hydrogen (secondary N) is 1. The highest BCUT2D eigenvalue weighted by Crippen LogP contribution is 2.27. The van der Waals surface area contributed by atoms with E-state index in [0.29, 0.717) is 12.0 Å². The first-order valence-electron chi connectivity index (χ1n) is 6.99. The van der Waals surface area contributed by atoms with Gasteiger partial charge >= 0.3 is 0 Å². The summed E-state index contributed by atoms with van der Waals surface area (Å²) in [4.78, 5) is 0. The average Bonchev–Trinajstić information content (AvgIpc) is 2.32. The SMILES string of the molecule is CCNC(Cc1ccc(Br)cc1F)C(OC)C(C)(C)C. The van der Waals surface area contributed by atoms with Gasteiger partial charge in [0.1, 0.15) is 5.82 Å².